The number of rotatable bonds is 1. The lowest BCUT2D eigenvalue weighted by Gasteiger charge is -2.00. The zero-order chi connectivity index (χ0) is 11.8. The number of methoxy groups -OCH3 is 1. The maximum atomic E-state index is 10.9. The molecule has 0 saturated heterocycles. The van der Waals surface area contributed by atoms with Gasteiger partial charge in [0.1, 0.15) is 0 Å². The quantitative estimate of drug-likeness (QED) is 0.275. The van der Waals surface area contributed by atoms with Crippen molar-refractivity contribution in [2.45, 2.75) is 0 Å². The van der Waals surface area contributed by atoms with Gasteiger partial charge in [0.15, 0.2) is 0 Å². The van der Waals surface area contributed by atoms with E-state index in [0.717, 1.165) is 0 Å². The third-order valence-corrected chi connectivity index (χ3v) is 1.37. The molecule has 6 nitrogen and oxygen atoms in total. The van der Waals surface area contributed by atoms with Crippen molar-refractivity contribution in [1.29, 1.82) is 0 Å². The molecule has 0 aliphatic heterocycles. The van der Waals surface area contributed by atoms with Gasteiger partial charge in [-0.15, -0.1) is 0 Å². The number of benzene rings is 1. The Morgan fingerprint density at radius 3 is 2.27 bits per heavy atom. The fourth-order valence-corrected chi connectivity index (χ4v) is 0.793. The molecule has 0 aliphatic carbocycles. The van der Waals surface area contributed by atoms with Gasteiger partial charge in [-0.2, -0.15) is 0 Å². The zero-order valence-corrected chi connectivity index (χ0v) is 8.81. The van der Waals surface area contributed by atoms with Crippen LogP contribution in [0.4, 0.5) is 5.69 Å². The standard InChI is InChI=1S/C8H9NO2.H2O3S/c1-11-8(10)6-4-2-3-5-7(6)9;1-4(2)3/h2-5H,9H2,1H3;4H,(H,1,2,3). The van der Waals surface area contributed by atoms with Gasteiger partial charge in [0.05, 0.1) is 12.7 Å². The van der Waals surface area contributed by atoms with Gasteiger partial charge in [0.25, 0.3) is 11.0 Å². The normalized spacial score (nSPS) is 9.00. The van der Waals surface area contributed by atoms with Crippen molar-refractivity contribution in [1.82, 2.24) is 0 Å². The maximum Gasteiger partial charge on any atom is 0.339 e. The van der Waals surface area contributed by atoms with Gasteiger partial charge in [0, 0.05) is 5.69 Å². The molecular formula is C8H11NO5S. The lowest BCUT2D eigenvalue weighted by molar-refractivity contribution is 0.0602. The second-order valence-corrected chi connectivity index (χ2v) is 2.79. The van der Waals surface area contributed by atoms with Crippen LogP contribution in [0.2, 0.25) is 0 Å². The molecule has 0 aromatic heterocycles. The van der Waals surface area contributed by atoms with Crippen molar-refractivity contribution in [2.24, 2.45) is 0 Å². The van der Waals surface area contributed by atoms with Gasteiger partial charge in [-0.1, -0.05) is 12.1 Å². The van der Waals surface area contributed by atoms with Gasteiger partial charge in [-0.3, -0.25) is 4.55 Å². The van der Waals surface area contributed by atoms with Crippen molar-refractivity contribution in [3.63, 3.8) is 0 Å². The van der Waals surface area contributed by atoms with Crippen molar-refractivity contribution in [2.75, 3.05) is 12.8 Å². The molecule has 0 unspecified atom stereocenters. The monoisotopic (exact) mass is 233 g/mol. The van der Waals surface area contributed by atoms with Gasteiger partial charge in [-0.25, -0.2) is 13.2 Å². The van der Waals surface area contributed by atoms with Crippen LogP contribution in [0.25, 0.3) is 0 Å². The molecule has 7 heteroatoms. The Morgan fingerprint density at radius 1 is 1.40 bits per heavy atom. The van der Waals surface area contributed by atoms with Crippen molar-refractivity contribution < 1.29 is 22.5 Å². The minimum Gasteiger partial charge on any atom is -0.465 e. The summed E-state index contributed by atoms with van der Waals surface area (Å²) in [7, 11) is -1.79. The van der Waals surface area contributed by atoms with Gasteiger partial charge < -0.3 is 10.5 Å². The molecule has 0 radical (unpaired) electrons. The summed E-state index contributed by atoms with van der Waals surface area (Å²) in [5.41, 5.74) is 6.35. The first-order valence-electron chi connectivity index (χ1n) is 3.75. The Kier molecular flexibility index (Phi) is 6.07. The smallest absolute Gasteiger partial charge is 0.339 e. The van der Waals surface area contributed by atoms with Gasteiger partial charge in [-0.05, 0) is 12.1 Å². The highest BCUT2D eigenvalue weighted by Gasteiger charge is 2.06. The number of para-hydroxylation sites is 1. The number of hydrogen-bond donors (Lipinski definition) is 3. The molecule has 0 amide bonds. The molecule has 0 atom stereocenters. The summed E-state index contributed by atoms with van der Waals surface area (Å²) in [5.74, 6) is -0.400. The largest absolute Gasteiger partial charge is 0.465 e. The van der Waals surface area contributed by atoms with Crippen LogP contribution in [-0.4, -0.2) is 26.0 Å². The van der Waals surface area contributed by atoms with Crippen LogP contribution in [0.1, 0.15) is 10.4 Å². The Bertz CT molecular complexity index is 394. The zero-order valence-electron chi connectivity index (χ0n) is 7.91. The molecule has 0 aliphatic rings. The van der Waals surface area contributed by atoms with Gasteiger partial charge >= 0.3 is 5.97 Å². The van der Waals surface area contributed by atoms with Crippen LogP contribution in [0.3, 0.4) is 0 Å². The van der Waals surface area contributed by atoms with Crippen LogP contribution in [0.5, 0.6) is 0 Å². The molecular weight excluding hydrogens is 222 g/mol. The molecule has 15 heavy (non-hydrogen) atoms. The molecule has 1 rings (SSSR count). The molecule has 1 aromatic carbocycles. The van der Waals surface area contributed by atoms with E-state index in [1.807, 2.05) is 0 Å². The minimum atomic E-state index is -3.12. The molecule has 0 saturated carbocycles. The van der Waals surface area contributed by atoms with Crippen LogP contribution < -0.4 is 5.73 Å². The number of carbonyl (C=O) groups is 1. The summed E-state index contributed by atoms with van der Waals surface area (Å²) in [6, 6.07) is 6.79. The number of hydrogen-bond acceptors (Lipinski definition) is 5. The summed E-state index contributed by atoms with van der Waals surface area (Å²) < 4.78 is 28.7. The summed E-state index contributed by atoms with van der Waals surface area (Å²) >= 11 is 0. The molecule has 0 spiro atoms. The summed E-state index contributed by atoms with van der Waals surface area (Å²) in [5, 5.41) is 0. The highest BCUT2D eigenvalue weighted by Crippen LogP contribution is 2.10. The third-order valence-electron chi connectivity index (χ3n) is 1.37. The van der Waals surface area contributed by atoms with E-state index < -0.39 is 17.0 Å². The number of nitrogens with two attached hydrogens (primary N) is 1. The minimum absolute atomic E-state index is 0.400. The van der Waals surface area contributed by atoms with E-state index in [4.69, 9.17) is 18.7 Å². The maximum absolute atomic E-state index is 10.9. The Hall–Kier alpha value is -1.60. The Balaban J connectivity index is 0.000000423. The highest BCUT2D eigenvalue weighted by molar-refractivity contribution is 7.66. The van der Waals surface area contributed by atoms with E-state index >= 15 is 0 Å². The average Bonchev–Trinajstić information content (AvgIpc) is 2.16. The summed E-state index contributed by atoms with van der Waals surface area (Å²) in [6.07, 6.45) is 0. The molecule has 0 fully saturated rings. The van der Waals surface area contributed by atoms with Crippen LogP contribution in [0, 0.1) is 0 Å². The van der Waals surface area contributed by atoms with E-state index in [-0.39, 0.29) is 0 Å². The lowest BCUT2D eigenvalue weighted by atomic mass is 10.2. The number of ether oxygens (including phenoxy) is 1. The van der Waals surface area contributed by atoms with E-state index in [0.29, 0.717) is 11.3 Å². The predicted octanol–water partition coefficient (Wildman–Crippen LogP) is 0.126. The number of thiol groups is 1. The summed E-state index contributed by atoms with van der Waals surface area (Å²) in [4.78, 5) is 10.9. The lowest BCUT2D eigenvalue weighted by Crippen LogP contribution is -2.04. The first-order valence-corrected chi connectivity index (χ1v) is 4.88. The van der Waals surface area contributed by atoms with Crippen LogP contribution >= 0.6 is 0 Å². The SMILES string of the molecule is COC(=O)c1ccccc1N.O=[SH](=O)O. The van der Waals surface area contributed by atoms with E-state index in [9.17, 15) is 4.79 Å². The van der Waals surface area contributed by atoms with E-state index in [1.165, 1.54) is 7.11 Å². The number of anilines is 1. The fraction of sp³-hybridized carbons (Fsp3) is 0.125. The molecule has 84 valence electrons. The molecule has 1 aromatic rings. The van der Waals surface area contributed by atoms with E-state index in [1.54, 1.807) is 24.3 Å². The second kappa shape index (κ2) is 6.80. The van der Waals surface area contributed by atoms with Gasteiger partial charge in [0.2, 0.25) is 0 Å². The predicted molar refractivity (Wildman–Crippen MR) is 55.1 cm³/mol. The molecule has 0 heterocycles. The average molecular weight is 233 g/mol. The Labute approximate surface area is 88.4 Å². The second-order valence-electron chi connectivity index (χ2n) is 2.32. The highest BCUT2D eigenvalue weighted by atomic mass is 32.2. The fourth-order valence-electron chi connectivity index (χ4n) is 0.793. The van der Waals surface area contributed by atoms with Crippen molar-refractivity contribution >= 4 is 22.6 Å². The van der Waals surface area contributed by atoms with Crippen molar-refractivity contribution in [3.8, 4) is 0 Å². The molecule has 0 bridgehead atoms. The topological polar surface area (TPSA) is 107 Å². The first kappa shape index (κ1) is 13.4. The van der Waals surface area contributed by atoms with Crippen LogP contribution in [-0.2, 0) is 15.7 Å². The van der Waals surface area contributed by atoms with Crippen LogP contribution in [0.15, 0.2) is 24.3 Å². The Morgan fingerprint density at radius 2 is 1.87 bits per heavy atom. The number of esters is 1. The molecule has 3 N–H and O–H groups in total. The summed E-state index contributed by atoms with van der Waals surface area (Å²) in [6.45, 7) is 0. The third kappa shape index (κ3) is 5.66. The first-order chi connectivity index (χ1) is 6.99. The van der Waals surface area contributed by atoms with E-state index in [2.05, 4.69) is 4.74 Å². The number of carbonyl (C=O) groups excluding carboxylic acids is 1. The number of nitrogen functional groups attached to an aromatic ring is 1. The van der Waals surface area contributed by atoms with Crippen molar-refractivity contribution in [3.05, 3.63) is 29.8 Å².